The Balaban J connectivity index is -0.000000128. The summed E-state index contributed by atoms with van der Waals surface area (Å²) in [6.07, 6.45) is 0.442. The van der Waals surface area contributed by atoms with Crippen LogP contribution in [-0.2, 0) is 28.8 Å². The van der Waals surface area contributed by atoms with E-state index in [2.05, 4.69) is 11.1 Å². The summed E-state index contributed by atoms with van der Waals surface area (Å²) in [5, 5.41) is 65.1. The molecule has 0 aromatic rings. The van der Waals surface area contributed by atoms with Gasteiger partial charge in [0, 0.05) is 6.54 Å². The molecule has 0 spiro atoms. The summed E-state index contributed by atoms with van der Waals surface area (Å²) < 4.78 is 0. The maximum atomic E-state index is 10.2. The van der Waals surface area contributed by atoms with Gasteiger partial charge in [-0.25, -0.2) is 0 Å². The number of rotatable bonds is 12. The van der Waals surface area contributed by atoms with Crippen molar-refractivity contribution in [2.75, 3.05) is 19.7 Å². The lowest BCUT2D eigenvalue weighted by atomic mass is 10.2. The molecule has 0 unspecified atom stereocenters. The average Bonchev–Trinajstić information content (AvgIpc) is 2.81. The zero-order valence-electron chi connectivity index (χ0n) is 21.1. The second kappa shape index (κ2) is 28.4. The summed E-state index contributed by atoms with van der Waals surface area (Å²) in [7, 11) is 0. The monoisotopic (exact) mass is 576 g/mol. The van der Waals surface area contributed by atoms with Crippen molar-refractivity contribution in [3.05, 3.63) is 0 Å². The van der Waals surface area contributed by atoms with Crippen LogP contribution in [0.1, 0.15) is 26.2 Å². The Hall–Kier alpha value is -4.15. The van der Waals surface area contributed by atoms with Crippen LogP contribution in [0.3, 0.4) is 0 Å². The quantitative estimate of drug-likeness (QED) is 0.0584. The molecule has 39 heavy (non-hydrogen) atoms. The van der Waals surface area contributed by atoms with E-state index in [1.807, 2.05) is 0 Å². The average molecular weight is 577 g/mol. The normalized spacial score (nSPS) is 12.1. The molecule has 230 valence electrons. The maximum Gasteiger partial charge on any atom is 0.322 e. The smallest absolute Gasteiger partial charge is 0.322 e. The van der Waals surface area contributed by atoms with Gasteiger partial charge in [0.1, 0.15) is 24.2 Å². The molecule has 0 radical (unpaired) electrons. The lowest BCUT2D eigenvalue weighted by Crippen LogP contribution is -2.34. The molecule has 0 bridgehead atoms. The number of aliphatic hydroxyl groups is 1. The number of aliphatic carboxylic acids is 6. The van der Waals surface area contributed by atoms with Crippen LogP contribution in [0.5, 0.6) is 0 Å². The number of carbonyl (C=O) groups is 6. The predicted molar refractivity (Wildman–Crippen MR) is 133 cm³/mol. The maximum absolute atomic E-state index is 10.2. The fraction of sp³-hybridized carbons (Fsp3) is 0.611. The molecule has 0 aromatic heterocycles. The first-order valence-corrected chi connectivity index (χ1v) is 10.4. The van der Waals surface area contributed by atoms with Crippen LogP contribution in [0.15, 0.2) is 0 Å². The number of nitrogens with two attached hydrogens (primary N) is 6. The molecular formula is C18H40N8O13. The van der Waals surface area contributed by atoms with Gasteiger partial charge in [-0.15, -0.1) is 0 Å². The van der Waals surface area contributed by atoms with Crippen molar-refractivity contribution < 1.29 is 64.5 Å². The molecule has 21 heteroatoms. The number of carboxylic acids is 6. The molecule has 0 aliphatic rings. The van der Waals surface area contributed by atoms with E-state index in [1.54, 1.807) is 0 Å². The summed E-state index contributed by atoms with van der Waals surface area (Å²) >= 11 is 0. The highest BCUT2D eigenvalue weighted by Crippen LogP contribution is 1.92. The molecule has 21 nitrogen and oxygen atoms in total. The van der Waals surface area contributed by atoms with E-state index in [1.165, 1.54) is 6.92 Å². The van der Waals surface area contributed by atoms with Crippen molar-refractivity contribution >= 4 is 41.8 Å². The third-order valence-electron chi connectivity index (χ3n) is 3.11. The van der Waals surface area contributed by atoms with Crippen molar-refractivity contribution in [3.63, 3.8) is 0 Å². The lowest BCUT2D eigenvalue weighted by Gasteiger charge is -2.06. The molecule has 4 atom stereocenters. The zero-order valence-corrected chi connectivity index (χ0v) is 21.1. The van der Waals surface area contributed by atoms with Crippen LogP contribution in [0, 0.1) is 5.41 Å². The Bertz CT molecular complexity index is 753. The van der Waals surface area contributed by atoms with Crippen molar-refractivity contribution in [3.8, 4) is 0 Å². The Labute approximate surface area is 222 Å². The number of carboxylic acid groups (broad SMARTS) is 6. The predicted octanol–water partition coefficient (Wildman–Crippen LogP) is -5.63. The van der Waals surface area contributed by atoms with Gasteiger partial charge in [0.05, 0.1) is 19.6 Å². The summed E-state index contributed by atoms with van der Waals surface area (Å²) in [4.78, 5) is 58.3. The molecule has 21 N–H and O–H groups in total. The van der Waals surface area contributed by atoms with Gasteiger partial charge in [0.25, 0.3) is 0 Å². The summed E-state index contributed by atoms with van der Waals surface area (Å²) in [5.74, 6) is -6.72. The standard InChI is InChI=1S/C6H14N4O2.C4H7NO4.C3H7NO3.C3H7NO2.C2H5NO2/c7-4(5(11)12)2-1-3-10-6(8)9;5-2(4(8)9)1-3(6)7;4-2(1-5)3(6)7;1-2(4)3(5)6;3-1-2(4)5/h4H,1-3,7H2,(H,11,12)(H4,8,9,10);2H,1,5H2,(H,6,7)(H,8,9);2,5H,1,4H2,(H,6,7);2H,4H2,1H3,(H,5,6);1,3H2,(H,4,5)/t4-;3*2-;/m0000./s1. The first-order chi connectivity index (χ1) is 17.7. The molecule has 0 heterocycles. The Kier molecular flexibility index (Phi) is 32.7. The highest BCUT2D eigenvalue weighted by molar-refractivity contribution is 5.80. The topological polar surface area (TPSA) is 436 Å². The van der Waals surface area contributed by atoms with Gasteiger partial charge in [0.15, 0.2) is 5.96 Å². The molecular weight excluding hydrogens is 536 g/mol. The van der Waals surface area contributed by atoms with E-state index < -0.39 is 73.0 Å². The van der Waals surface area contributed by atoms with Crippen LogP contribution >= 0.6 is 0 Å². The molecule has 0 aliphatic heterocycles. The number of hydrogen-bond donors (Lipinski definition) is 15. The highest BCUT2D eigenvalue weighted by Gasteiger charge is 2.14. The van der Waals surface area contributed by atoms with E-state index in [0.717, 1.165) is 0 Å². The number of nitrogens with one attached hydrogen (secondary N) is 2. The molecule has 0 aliphatic carbocycles. The molecule has 0 rings (SSSR count). The summed E-state index contributed by atoms with van der Waals surface area (Å²) in [6.45, 7) is 1.12. The molecule has 0 saturated heterocycles. The summed E-state index contributed by atoms with van der Waals surface area (Å²) in [5.41, 5.74) is 29.2. The minimum atomic E-state index is -1.29. The minimum Gasteiger partial charge on any atom is -0.481 e. The second-order valence-corrected chi connectivity index (χ2v) is 6.82. The fourth-order valence-corrected chi connectivity index (χ4v) is 1.02. The van der Waals surface area contributed by atoms with Gasteiger partial charge in [-0.1, -0.05) is 0 Å². The van der Waals surface area contributed by atoms with Crippen molar-refractivity contribution in [1.82, 2.24) is 5.32 Å². The van der Waals surface area contributed by atoms with E-state index in [-0.39, 0.29) is 12.5 Å². The Morgan fingerprint density at radius 1 is 0.744 bits per heavy atom. The first kappa shape index (κ1) is 44.8. The van der Waals surface area contributed by atoms with Crippen LogP contribution < -0.4 is 39.7 Å². The van der Waals surface area contributed by atoms with Gasteiger partial charge in [-0.2, -0.15) is 0 Å². The zero-order chi connectivity index (χ0) is 32.3. The fourth-order valence-electron chi connectivity index (χ4n) is 1.02. The summed E-state index contributed by atoms with van der Waals surface area (Å²) in [6, 6.07) is -3.97. The SMILES string of the molecule is C[C@H](N)C(=O)O.N=C(N)NCCC[C@H](N)C(=O)O.NCC(=O)O.N[C@@H](CC(=O)O)C(=O)O.N[C@@H](CO)C(=O)O. The van der Waals surface area contributed by atoms with Crippen LogP contribution in [-0.4, -0.2) is 121 Å². The number of aliphatic hydroxyl groups excluding tert-OH is 1. The van der Waals surface area contributed by atoms with Crippen molar-refractivity contribution in [2.24, 2.45) is 34.4 Å². The third kappa shape index (κ3) is 47.6. The van der Waals surface area contributed by atoms with Gasteiger partial charge < -0.3 is 75.5 Å². The highest BCUT2D eigenvalue weighted by atomic mass is 16.4. The van der Waals surface area contributed by atoms with Crippen LogP contribution in [0.4, 0.5) is 0 Å². The first-order valence-electron chi connectivity index (χ1n) is 10.4. The van der Waals surface area contributed by atoms with Gasteiger partial charge in [-0.3, -0.25) is 34.2 Å². The van der Waals surface area contributed by atoms with E-state index >= 15 is 0 Å². The second-order valence-electron chi connectivity index (χ2n) is 6.82. The Morgan fingerprint density at radius 2 is 1.10 bits per heavy atom. The van der Waals surface area contributed by atoms with Crippen LogP contribution in [0.25, 0.3) is 0 Å². The Morgan fingerprint density at radius 3 is 1.26 bits per heavy atom. The van der Waals surface area contributed by atoms with Crippen molar-refractivity contribution in [1.29, 1.82) is 5.41 Å². The lowest BCUT2D eigenvalue weighted by molar-refractivity contribution is -0.144. The third-order valence-corrected chi connectivity index (χ3v) is 3.11. The van der Waals surface area contributed by atoms with E-state index in [0.29, 0.717) is 19.4 Å². The molecule has 0 saturated carbocycles. The molecule has 0 fully saturated rings. The number of guanidine groups is 1. The van der Waals surface area contributed by atoms with Crippen LogP contribution in [0.2, 0.25) is 0 Å². The van der Waals surface area contributed by atoms with Gasteiger partial charge in [-0.05, 0) is 19.8 Å². The van der Waals surface area contributed by atoms with E-state index in [9.17, 15) is 28.8 Å². The van der Waals surface area contributed by atoms with Crippen molar-refractivity contribution in [2.45, 2.75) is 50.4 Å². The van der Waals surface area contributed by atoms with Gasteiger partial charge >= 0.3 is 35.8 Å². The van der Waals surface area contributed by atoms with Gasteiger partial charge in [0.2, 0.25) is 0 Å². The number of hydrogen-bond acceptors (Lipinski definition) is 13. The molecule has 0 aromatic carbocycles. The van der Waals surface area contributed by atoms with E-state index in [4.69, 9.17) is 69.8 Å². The molecule has 0 amide bonds. The minimum absolute atomic E-state index is 0.112. The largest absolute Gasteiger partial charge is 0.481 e.